The van der Waals surface area contributed by atoms with E-state index in [9.17, 15) is 4.79 Å². The van der Waals surface area contributed by atoms with E-state index < -0.39 is 5.41 Å². The molecule has 2 aromatic heterocycles. The molecule has 9 aromatic carbocycles. The number of rotatable bonds is 6. The minimum absolute atomic E-state index is 0.0154. The summed E-state index contributed by atoms with van der Waals surface area (Å²) in [5.74, 6) is 0.0154. The first-order valence-corrected chi connectivity index (χ1v) is 20.2. The molecule has 0 spiro atoms. The predicted molar refractivity (Wildman–Crippen MR) is 242 cm³/mol. The number of carbonyl (C=O) groups excluding carboxylic acids is 1. The number of hydrogen-bond acceptors (Lipinski definition) is 1. The van der Waals surface area contributed by atoms with Gasteiger partial charge >= 0.3 is 0 Å². The summed E-state index contributed by atoms with van der Waals surface area (Å²) in [6, 6.07) is 77.6. The summed E-state index contributed by atoms with van der Waals surface area (Å²) in [7, 11) is 0. The van der Waals surface area contributed by atoms with Gasteiger partial charge in [-0.05, 0) is 88.0 Å². The molecule has 11 aromatic rings. The molecule has 276 valence electrons. The van der Waals surface area contributed by atoms with Crippen LogP contribution >= 0.6 is 0 Å². The number of para-hydroxylation sites is 4. The number of carbonyl (C=O) groups is 1. The lowest BCUT2D eigenvalue weighted by atomic mass is 9.67. The summed E-state index contributed by atoms with van der Waals surface area (Å²) in [4.78, 5) is 14.2. The molecule has 0 amide bonds. The van der Waals surface area contributed by atoms with Gasteiger partial charge in [0.05, 0.1) is 27.5 Å². The number of hydrogen-bond donors (Lipinski definition) is 0. The Morgan fingerprint density at radius 1 is 0.339 bits per heavy atom. The van der Waals surface area contributed by atoms with Gasteiger partial charge in [0.25, 0.3) is 0 Å². The fraction of sp³-hybridized carbons (Fsp3) is 0.0179. The van der Waals surface area contributed by atoms with Crippen molar-refractivity contribution in [2.75, 3.05) is 0 Å². The minimum Gasteiger partial charge on any atom is -0.309 e. The second-order valence-electron chi connectivity index (χ2n) is 15.6. The molecule has 2 heterocycles. The molecule has 0 fully saturated rings. The van der Waals surface area contributed by atoms with Crippen LogP contribution in [0.25, 0.3) is 66.1 Å². The van der Waals surface area contributed by atoms with E-state index in [-0.39, 0.29) is 5.78 Å². The normalized spacial score (nSPS) is 12.9. The smallest absolute Gasteiger partial charge is 0.193 e. The van der Waals surface area contributed by atoms with Crippen molar-refractivity contribution in [1.82, 2.24) is 9.13 Å². The van der Waals surface area contributed by atoms with E-state index in [4.69, 9.17) is 0 Å². The molecule has 0 aliphatic heterocycles. The third-order valence-electron chi connectivity index (χ3n) is 12.6. The van der Waals surface area contributed by atoms with Gasteiger partial charge in [0.2, 0.25) is 0 Å². The first kappa shape index (κ1) is 33.4. The van der Waals surface area contributed by atoms with Crippen molar-refractivity contribution >= 4 is 49.4 Å². The van der Waals surface area contributed by atoms with Gasteiger partial charge in [-0.1, -0.05) is 164 Å². The zero-order chi connectivity index (χ0) is 39.1. The predicted octanol–water partition coefficient (Wildman–Crippen LogP) is 13.5. The molecule has 3 heteroatoms. The minimum atomic E-state index is -0.711. The van der Waals surface area contributed by atoms with Crippen LogP contribution in [0.4, 0.5) is 0 Å². The maximum atomic E-state index is 14.2. The molecule has 59 heavy (non-hydrogen) atoms. The van der Waals surface area contributed by atoms with Crippen LogP contribution in [-0.2, 0) is 5.41 Å². The van der Waals surface area contributed by atoms with Crippen LogP contribution in [0.1, 0.15) is 38.2 Å². The lowest BCUT2D eigenvalue weighted by Gasteiger charge is -2.34. The van der Waals surface area contributed by atoms with Crippen molar-refractivity contribution in [3.63, 3.8) is 0 Å². The van der Waals surface area contributed by atoms with Gasteiger partial charge in [-0.25, -0.2) is 0 Å². The van der Waals surface area contributed by atoms with Crippen LogP contribution < -0.4 is 0 Å². The summed E-state index contributed by atoms with van der Waals surface area (Å²) >= 11 is 0. The standard InChI is InChI=1S/C56H36N2O/c59-55(37-14-2-1-3-15-37)38-26-35-44-43-16-4-9-21-49(43)56(50(44)36-38,39-27-31-41(32-28-39)57-51-22-10-5-17-45(51)46-18-6-11-23-52(46)57)40-29-33-42(34-30-40)58-53-24-12-7-19-47(53)48-20-8-13-25-54(48)58/h1-36H. The molecular weight excluding hydrogens is 717 g/mol. The fourth-order valence-corrected chi connectivity index (χ4v) is 10.1. The molecule has 0 N–H and O–H groups in total. The Labute approximate surface area is 341 Å². The monoisotopic (exact) mass is 752 g/mol. The molecule has 0 saturated carbocycles. The highest BCUT2D eigenvalue weighted by Crippen LogP contribution is 2.56. The first-order chi connectivity index (χ1) is 29.2. The van der Waals surface area contributed by atoms with Crippen molar-refractivity contribution in [3.05, 3.63) is 252 Å². The van der Waals surface area contributed by atoms with Gasteiger partial charge in [-0.2, -0.15) is 0 Å². The first-order valence-electron chi connectivity index (χ1n) is 20.2. The molecule has 3 nitrogen and oxygen atoms in total. The summed E-state index contributed by atoms with van der Waals surface area (Å²) in [5, 5.41) is 4.95. The Bertz CT molecular complexity index is 3180. The molecule has 0 bridgehead atoms. The lowest BCUT2D eigenvalue weighted by molar-refractivity contribution is 0.103. The van der Waals surface area contributed by atoms with Gasteiger partial charge in [-0.3, -0.25) is 4.79 Å². The van der Waals surface area contributed by atoms with E-state index in [2.05, 4.69) is 191 Å². The number of aromatic nitrogens is 2. The number of ketones is 1. The summed E-state index contributed by atoms with van der Waals surface area (Å²) in [6.07, 6.45) is 0. The third-order valence-corrected chi connectivity index (χ3v) is 12.6. The molecule has 1 aliphatic carbocycles. The zero-order valence-corrected chi connectivity index (χ0v) is 32.1. The average Bonchev–Trinajstić information content (AvgIpc) is 3.93. The van der Waals surface area contributed by atoms with E-state index in [1.165, 1.54) is 54.7 Å². The Morgan fingerprint density at radius 3 is 1.24 bits per heavy atom. The quantitative estimate of drug-likeness (QED) is 0.155. The SMILES string of the molecule is O=C(c1ccccc1)c1ccc2c(c1)C(c1ccc(-n3c4ccccc4c4ccccc43)cc1)(c1ccc(-n3c4ccccc4c4ccccc43)cc1)c1ccccc1-2. The molecule has 1 aliphatic rings. The van der Waals surface area contributed by atoms with Crippen molar-refractivity contribution in [1.29, 1.82) is 0 Å². The van der Waals surface area contributed by atoms with Gasteiger partial charge in [0.15, 0.2) is 5.78 Å². The summed E-state index contributed by atoms with van der Waals surface area (Å²) in [6.45, 7) is 0. The van der Waals surface area contributed by atoms with Crippen LogP contribution in [0, 0.1) is 0 Å². The van der Waals surface area contributed by atoms with Gasteiger partial charge in [0.1, 0.15) is 0 Å². The molecule has 0 radical (unpaired) electrons. The average molecular weight is 753 g/mol. The van der Waals surface area contributed by atoms with Crippen LogP contribution in [0.3, 0.4) is 0 Å². The van der Waals surface area contributed by atoms with Crippen molar-refractivity contribution in [3.8, 4) is 22.5 Å². The van der Waals surface area contributed by atoms with E-state index in [0.29, 0.717) is 11.1 Å². The lowest BCUT2D eigenvalue weighted by Crippen LogP contribution is -2.29. The Kier molecular flexibility index (Phi) is 7.29. The fourth-order valence-electron chi connectivity index (χ4n) is 10.1. The highest BCUT2D eigenvalue weighted by molar-refractivity contribution is 6.11. The number of benzene rings is 9. The van der Waals surface area contributed by atoms with E-state index in [1.807, 2.05) is 36.4 Å². The molecular formula is C56H36N2O. The number of fused-ring (bicyclic) bond motifs is 9. The molecule has 0 atom stereocenters. The number of nitrogens with zero attached hydrogens (tertiary/aromatic N) is 2. The Morgan fingerprint density at radius 2 is 0.746 bits per heavy atom. The zero-order valence-electron chi connectivity index (χ0n) is 32.1. The highest BCUT2D eigenvalue weighted by Gasteiger charge is 2.46. The molecule has 0 unspecified atom stereocenters. The largest absolute Gasteiger partial charge is 0.309 e. The summed E-state index contributed by atoms with van der Waals surface area (Å²) in [5.41, 5.74) is 14.5. The molecule has 12 rings (SSSR count). The summed E-state index contributed by atoms with van der Waals surface area (Å²) < 4.78 is 4.74. The Hall–Kier alpha value is -7.75. The van der Waals surface area contributed by atoms with Gasteiger partial charge in [-0.15, -0.1) is 0 Å². The second-order valence-corrected chi connectivity index (χ2v) is 15.6. The maximum Gasteiger partial charge on any atom is 0.193 e. The highest BCUT2D eigenvalue weighted by atomic mass is 16.1. The van der Waals surface area contributed by atoms with E-state index in [1.54, 1.807) is 0 Å². The van der Waals surface area contributed by atoms with Crippen LogP contribution in [0.2, 0.25) is 0 Å². The van der Waals surface area contributed by atoms with Crippen LogP contribution in [0.5, 0.6) is 0 Å². The van der Waals surface area contributed by atoms with Crippen molar-refractivity contribution in [2.45, 2.75) is 5.41 Å². The van der Waals surface area contributed by atoms with E-state index >= 15 is 0 Å². The molecule has 0 saturated heterocycles. The van der Waals surface area contributed by atoms with E-state index in [0.717, 1.165) is 33.6 Å². The third kappa shape index (κ3) is 4.79. The van der Waals surface area contributed by atoms with Gasteiger partial charge < -0.3 is 9.13 Å². The van der Waals surface area contributed by atoms with Gasteiger partial charge in [0, 0.05) is 44.0 Å². The topological polar surface area (TPSA) is 26.9 Å². The maximum absolute atomic E-state index is 14.2. The Balaban J connectivity index is 1.10. The van der Waals surface area contributed by atoms with Crippen LogP contribution in [-0.4, -0.2) is 14.9 Å². The second kappa shape index (κ2) is 12.9. The van der Waals surface area contributed by atoms with Crippen molar-refractivity contribution in [2.24, 2.45) is 0 Å². The van der Waals surface area contributed by atoms with Crippen LogP contribution in [0.15, 0.2) is 218 Å². The van der Waals surface area contributed by atoms with Crippen molar-refractivity contribution < 1.29 is 4.79 Å².